The summed E-state index contributed by atoms with van der Waals surface area (Å²) >= 11 is 0. The van der Waals surface area contributed by atoms with Crippen molar-refractivity contribution in [2.75, 3.05) is 19.7 Å². The molecule has 0 aromatic rings. The predicted molar refractivity (Wildman–Crippen MR) is 70.4 cm³/mol. The van der Waals surface area contributed by atoms with Crippen LogP contribution >= 0.6 is 0 Å². The monoisotopic (exact) mass is 286 g/mol. The molecular weight excluding hydrogens is 264 g/mol. The molecule has 0 radical (unpaired) electrons. The molecule has 1 saturated carbocycles. The summed E-state index contributed by atoms with van der Waals surface area (Å²) in [6.45, 7) is 2.39. The second-order valence-electron chi connectivity index (χ2n) is 5.83. The van der Waals surface area contributed by atoms with Crippen LogP contribution in [0.1, 0.15) is 32.6 Å². The minimum atomic E-state index is -1.44. The van der Waals surface area contributed by atoms with Crippen molar-refractivity contribution < 1.29 is 24.5 Å². The lowest BCUT2D eigenvalue weighted by Gasteiger charge is -2.38. The van der Waals surface area contributed by atoms with Gasteiger partial charge >= 0.3 is 12.0 Å². The second-order valence-corrected chi connectivity index (χ2v) is 5.83. The van der Waals surface area contributed by atoms with Crippen LogP contribution in [0.5, 0.6) is 0 Å². The van der Waals surface area contributed by atoms with Gasteiger partial charge in [-0.2, -0.15) is 0 Å². The van der Waals surface area contributed by atoms with E-state index in [0.29, 0.717) is 13.2 Å². The van der Waals surface area contributed by atoms with Gasteiger partial charge in [-0.05, 0) is 26.2 Å². The van der Waals surface area contributed by atoms with E-state index < -0.39 is 18.0 Å². The van der Waals surface area contributed by atoms with E-state index in [1.54, 1.807) is 4.90 Å². The Morgan fingerprint density at radius 2 is 2.20 bits per heavy atom. The molecule has 3 atom stereocenters. The summed E-state index contributed by atoms with van der Waals surface area (Å²) < 4.78 is 5.63. The zero-order chi connectivity index (χ0) is 14.8. The van der Waals surface area contributed by atoms with Gasteiger partial charge in [-0.3, -0.25) is 4.79 Å². The number of carbonyl (C=O) groups is 2. The van der Waals surface area contributed by atoms with Gasteiger partial charge in [0.2, 0.25) is 0 Å². The fourth-order valence-electron chi connectivity index (χ4n) is 2.93. The van der Waals surface area contributed by atoms with Crippen molar-refractivity contribution in [3.63, 3.8) is 0 Å². The first-order valence-corrected chi connectivity index (χ1v) is 6.99. The van der Waals surface area contributed by atoms with Gasteiger partial charge in [0.1, 0.15) is 0 Å². The first-order valence-electron chi connectivity index (χ1n) is 6.99. The number of carboxylic acids is 1. The van der Waals surface area contributed by atoms with Gasteiger partial charge in [-0.15, -0.1) is 0 Å². The summed E-state index contributed by atoms with van der Waals surface area (Å²) in [6.07, 6.45) is 2.68. The van der Waals surface area contributed by atoms with Crippen molar-refractivity contribution in [2.24, 2.45) is 0 Å². The molecule has 114 valence electrons. The molecule has 0 aromatic carbocycles. The van der Waals surface area contributed by atoms with Crippen LogP contribution in [0.3, 0.4) is 0 Å². The number of hydrogen-bond acceptors (Lipinski definition) is 4. The topological polar surface area (TPSA) is 99.1 Å². The Balaban J connectivity index is 1.86. The van der Waals surface area contributed by atoms with E-state index in [9.17, 15) is 14.7 Å². The van der Waals surface area contributed by atoms with Crippen molar-refractivity contribution in [1.82, 2.24) is 10.2 Å². The molecule has 0 spiro atoms. The van der Waals surface area contributed by atoms with Gasteiger partial charge in [0, 0.05) is 13.1 Å². The number of nitrogens with one attached hydrogen (secondary N) is 1. The second kappa shape index (κ2) is 5.97. The molecule has 2 aliphatic rings. The van der Waals surface area contributed by atoms with Crippen molar-refractivity contribution in [3.8, 4) is 0 Å². The maximum atomic E-state index is 12.2. The highest BCUT2D eigenvalue weighted by Gasteiger charge is 2.38. The molecule has 2 rings (SSSR count). The van der Waals surface area contributed by atoms with Crippen molar-refractivity contribution in [3.05, 3.63) is 0 Å². The molecule has 2 amide bonds. The largest absolute Gasteiger partial charge is 0.481 e. The van der Waals surface area contributed by atoms with Gasteiger partial charge in [0.15, 0.2) is 0 Å². The van der Waals surface area contributed by atoms with Crippen LogP contribution in [0, 0.1) is 0 Å². The third kappa shape index (κ3) is 3.61. The number of nitrogens with zero attached hydrogens (tertiary/aromatic N) is 1. The lowest BCUT2D eigenvalue weighted by atomic mass is 10.0. The van der Waals surface area contributed by atoms with E-state index in [4.69, 9.17) is 9.84 Å². The lowest BCUT2D eigenvalue weighted by Crippen LogP contribution is -2.56. The van der Waals surface area contributed by atoms with Gasteiger partial charge < -0.3 is 25.2 Å². The summed E-state index contributed by atoms with van der Waals surface area (Å²) in [7, 11) is 0. The SMILES string of the molecule is CC(O)(CNC(=O)N1CCOC2CCCC21)CC(=O)O. The molecule has 1 saturated heterocycles. The molecule has 1 heterocycles. The van der Waals surface area contributed by atoms with Crippen LogP contribution in [0.2, 0.25) is 0 Å². The number of ether oxygens (including phenoxy) is 1. The number of hydrogen-bond donors (Lipinski definition) is 3. The number of carboxylic acid groups (broad SMARTS) is 1. The van der Waals surface area contributed by atoms with Gasteiger partial charge in [0.05, 0.1) is 30.8 Å². The Kier molecular flexibility index (Phi) is 4.49. The van der Waals surface area contributed by atoms with E-state index in [2.05, 4.69) is 5.32 Å². The molecule has 0 bridgehead atoms. The number of urea groups is 1. The molecule has 1 aliphatic heterocycles. The normalized spacial score (nSPS) is 28.6. The molecule has 3 N–H and O–H groups in total. The molecule has 20 heavy (non-hydrogen) atoms. The number of fused-ring (bicyclic) bond motifs is 1. The van der Waals surface area contributed by atoms with Crippen LogP contribution in [0.25, 0.3) is 0 Å². The fraction of sp³-hybridized carbons (Fsp3) is 0.846. The maximum absolute atomic E-state index is 12.2. The number of carbonyl (C=O) groups excluding carboxylic acids is 1. The van der Waals surface area contributed by atoms with Crippen LogP contribution < -0.4 is 5.32 Å². The first-order chi connectivity index (χ1) is 9.39. The smallest absolute Gasteiger partial charge is 0.317 e. The third-order valence-electron chi connectivity index (χ3n) is 3.90. The van der Waals surface area contributed by atoms with E-state index in [0.717, 1.165) is 19.3 Å². The molecule has 0 aromatic heterocycles. The molecule has 7 nitrogen and oxygen atoms in total. The number of rotatable bonds is 4. The highest BCUT2D eigenvalue weighted by Crippen LogP contribution is 2.29. The highest BCUT2D eigenvalue weighted by atomic mass is 16.5. The standard InChI is InChI=1S/C13H22N2O5/c1-13(19,7-11(16)17)8-14-12(18)15-5-6-20-10-4-2-3-9(10)15/h9-10,19H,2-8H2,1H3,(H,14,18)(H,16,17). The Labute approximate surface area is 117 Å². The molecule has 3 unspecified atom stereocenters. The quantitative estimate of drug-likeness (QED) is 0.684. The molecule has 7 heteroatoms. The van der Waals surface area contributed by atoms with Crippen LogP contribution in [-0.4, -0.2) is 64.6 Å². The summed E-state index contributed by atoms with van der Waals surface area (Å²) in [4.78, 5) is 24.5. The summed E-state index contributed by atoms with van der Waals surface area (Å²) in [5.41, 5.74) is -1.44. The predicted octanol–water partition coefficient (Wildman–Crippen LogP) is 0.175. The Morgan fingerprint density at radius 3 is 2.90 bits per heavy atom. The zero-order valence-electron chi connectivity index (χ0n) is 11.7. The Morgan fingerprint density at radius 1 is 1.45 bits per heavy atom. The highest BCUT2D eigenvalue weighted by molar-refractivity contribution is 5.75. The first kappa shape index (κ1) is 15.1. The zero-order valence-corrected chi connectivity index (χ0v) is 11.7. The van der Waals surface area contributed by atoms with Crippen LogP contribution in [0.15, 0.2) is 0 Å². The number of aliphatic carboxylic acids is 1. The molecule has 2 fully saturated rings. The minimum Gasteiger partial charge on any atom is -0.481 e. The van der Waals surface area contributed by atoms with Crippen LogP contribution in [-0.2, 0) is 9.53 Å². The maximum Gasteiger partial charge on any atom is 0.317 e. The Bertz CT molecular complexity index is 385. The Hall–Kier alpha value is -1.34. The van der Waals surface area contributed by atoms with Crippen molar-refractivity contribution in [2.45, 2.75) is 50.4 Å². The fourth-order valence-corrected chi connectivity index (χ4v) is 2.93. The van der Waals surface area contributed by atoms with E-state index >= 15 is 0 Å². The van der Waals surface area contributed by atoms with E-state index in [1.807, 2.05) is 0 Å². The van der Waals surface area contributed by atoms with E-state index in [1.165, 1.54) is 6.92 Å². The lowest BCUT2D eigenvalue weighted by molar-refractivity contribution is -0.141. The molecular formula is C13H22N2O5. The van der Waals surface area contributed by atoms with Crippen molar-refractivity contribution in [1.29, 1.82) is 0 Å². The average molecular weight is 286 g/mol. The minimum absolute atomic E-state index is 0.0765. The van der Waals surface area contributed by atoms with Gasteiger partial charge in [-0.25, -0.2) is 4.79 Å². The third-order valence-corrected chi connectivity index (χ3v) is 3.90. The van der Waals surface area contributed by atoms with Crippen molar-refractivity contribution >= 4 is 12.0 Å². The number of morpholine rings is 1. The van der Waals surface area contributed by atoms with E-state index in [-0.39, 0.29) is 24.7 Å². The summed E-state index contributed by atoms with van der Waals surface area (Å²) in [5, 5.41) is 21.2. The number of aliphatic hydroxyl groups is 1. The summed E-state index contributed by atoms with van der Waals surface area (Å²) in [6, 6.07) is -0.149. The average Bonchev–Trinajstić information content (AvgIpc) is 2.82. The molecule has 1 aliphatic carbocycles. The van der Waals surface area contributed by atoms with Crippen LogP contribution in [0.4, 0.5) is 4.79 Å². The van der Waals surface area contributed by atoms with Gasteiger partial charge in [-0.1, -0.05) is 0 Å². The van der Waals surface area contributed by atoms with Gasteiger partial charge in [0.25, 0.3) is 0 Å². The number of amides is 2. The summed E-state index contributed by atoms with van der Waals surface area (Å²) in [5.74, 6) is -1.09.